The summed E-state index contributed by atoms with van der Waals surface area (Å²) >= 11 is 0. The van der Waals surface area contributed by atoms with Crippen LogP contribution in [0.2, 0.25) is 0 Å². The highest BCUT2D eigenvalue weighted by molar-refractivity contribution is 5.92. The molecule has 2 aromatic rings. The molecule has 0 aliphatic rings. The molecule has 0 spiro atoms. The molecule has 0 aliphatic carbocycles. The molecular formula is C20H29N5O. The fourth-order valence-electron chi connectivity index (χ4n) is 2.81. The van der Waals surface area contributed by atoms with Crippen molar-refractivity contribution in [2.75, 3.05) is 12.3 Å². The van der Waals surface area contributed by atoms with Crippen molar-refractivity contribution in [1.29, 1.82) is 0 Å². The van der Waals surface area contributed by atoms with Crippen LogP contribution in [0.4, 0.5) is 5.82 Å². The molecule has 0 atom stereocenters. The molecule has 2 aromatic heterocycles. The number of amides is 1. The number of nitrogens with two attached hydrogens (primary N) is 1. The number of fused-ring (bicyclic) bond motifs is 1. The maximum Gasteiger partial charge on any atom is 0.220 e. The van der Waals surface area contributed by atoms with Gasteiger partial charge >= 0.3 is 0 Å². The van der Waals surface area contributed by atoms with Gasteiger partial charge in [0.1, 0.15) is 17.8 Å². The minimum atomic E-state index is 0.0514. The topological polar surface area (TPSA) is 85.8 Å². The Balaban J connectivity index is 1.97. The van der Waals surface area contributed by atoms with Crippen LogP contribution in [-0.4, -0.2) is 27.0 Å². The SMILES string of the molecule is CC(C)CCCCC(=O)NCC#Cc1cn(C(C)C)c2ncnc(N)c12. The van der Waals surface area contributed by atoms with Gasteiger partial charge in [-0.1, -0.05) is 38.5 Å². The maximum absolute atomic E-state index is 11.8. The van der Waals surface area contributed by atoms with Crippen molar-refractivity contribution in [3.63, 3.8) is 0 Å². The van der Waals surface area contributed by atoms with Crippen LogP contribution in [0.3, 0.4) is 0 Å². The van der Waals surface area contributed by atoms with Crippen LogP contribution in [0.15, 0.2) is 12.5 Å². The first-order valence-electron chi connectivity index (χ1n) is 9.26. The molecule has 2 rings (SSSR count). The van der Waals surface area contributed by atoms with E-state index in [1.165, 1.54) is 6.33 Å². The average molecular weight is 355 g/mol. The first kappa shape index (κ1) is 19.8. The average Bonchev–Trinajstić information content (AvgIpc) is 2.96. The summed E-state index contributed by atoms with van der Waals surface area (Å²) in [5.41, 5.74) is 7.58. The Morgan fingerprint density at radius 2 is 2.04 bits per heavy atom. The number of carbonyl (C=O) groups excluding carboxylic acids is 1. The summed E-state index contributed by atoms with van der Waals surface area (Å²) in [7, 11) is 0. The van der Waals surface area contributed by atoms with E-state index in [-0.39, 0.29) is 11.9 Å². The second-order valence-electron chi connectivity index (χ2n) is 7.22. The maximum atomic E-state index is 11.8. The molecule has 3 N–H and O–H groups in total. The van der Waals surface area contributed by atoms with E-state index in [0.717, 1.165) is 35.9 Å². The summed E-state index contributed by atoms with van der Waals surface area (Å²) in [5.74, 6) is 7.27. The Bertz CT molecular complexity index is 811. The van der Waals surface area contributed by atoms with Crippen molar-refractivity contribution >= 4 is 22.8 Å². The lowest BCUT2D eigenvalue weighted by Crippen LogP contribution is -2.23. The minimum absolute atomic E-state index is 0.0514. The minimum Gasteiger partial charge on any atom is -0.383 e. The van der Waals surface area contributed by atoms with Crippen LogP contribution < -0.4 is 11.1 Å². The molecule has 0 aliphatic heterocycles. The molecule has 0 fully saturated rings. The second kappa shape index (κ2) is 9.23. The van der Waals surface area contributed by atoms with Gasteiger partial charge in [0, 0.05) is 18.7 Å². The van der Waals surface area contributed by atoms with Gasteiger partial charge in [-0.25, -0.2) is 9.97 Å². The third-order valence-electron chi connectivity index (χ3n) is 4.23. The van der Waals surface area contributed by atoms with Crippen molar-refractivity contribution in [3.8, 4) is 11.8 Å². The number of rotatable bonds is 7. The largest absolute Gasteiger partial charge is 0.383 e. The highest BCUT2D eigenvalue weighted by atomic mass is 16.1. The lowest BCUT2D eigenvalue weighted by molar-refractivity contribution is -0.120. The van der Waals surface area contributed by atoms with E-state index >= 15 is 0 Å². The number of carbonyl (C=O) groups is 1. The van der Waals surface area contributed by atoms with Gasteiger partial charge in [0.25, 0.3) is 0 Å². The molecule has 1 amide bonds. The molecule has 2 heterocycles. The molecular weight excluding hydrogens is 326 g/mol. The zero-order valence-electron chi connectivity index (χ0n) is 16.2. The normalized spacial score (nSPS) is 11.0. The van der Waals surface area contributed by atoms with Gasteiger partial charge in [-0.15, -0.1) is 0 Å². The summed E-state index contributed by atoms with van der Waals surface area (Å²) in [4.78, 5) is 20.2. The van der Waals surface area contributed by atoms with E-state index in [4.69, 9.17) is 5.73 Å². The predicted molar refractivity (Wildman–Crippen MR) is 106 cm³/mol. The van der Waals surface area contributed by atoms with Crippen LogP contribution in [0.25, 0.3) is 11.0 Å². The van der Waals surface area contributed by atoms with E-state index in [9.17, 15) is 4.79 Å². The van der Waals surface area contributed by atoms with Crippen LogP contribution in [-0.2, 0) is 4.79 Å². The zero-order chi connectivity index (χ0) is 19.1. The van der Waals surface area contributed by atoms with Gasteiger partial charge in [0.2, 0.25) is 5.91 Å². The van der Waals surface area contributed by atoms with E-state index in [1.807, 2.05) is 10.8 Å². The fourth-order valence-corrected chi connectivity index (χ4v) is 2.81. The number of nitrogens with zero attached hydrogens (tertiary/aromatic N) is 3. The van der Waals surface area contributed by atoms with Gasteiger partial charge in [0.15, 0.2) is 0 Å². The lowest BCUT2D eigenvalue weighted by atomic mass is 10.1. The van der Waals surface area contributed by atoms with E-state index < -0.39 is 0 Å². The van der Waals surface area contributed by atoms with Crippen molar-refractivity contribution < 1.29 is 4.79 Å². The number of hydrogen-bond donors (Lipinski definition) is 2. The first-order chi connectivity index (χ1) is 12.4. The Kier molecular flexibility index (Phi) is 7.02. The van der Waals surface area contributed by atoms with E-state index in [0.29, 0.717) is 24.7 Å². The monoisotopic (exact) mass is 355 g/mol. The van der Waals surface area contributed by atoms with Crippen molar-refractivity contribution in [2.45, 2.75) is 59.4 Å². The number of hydrogen-bond acceptors (Lipinski definition) is 4. The van der Waals surface area contributed by atoms with Gasteiger partial charge in [0.05, 0.1) is 17.5 Å². The van der Waals surface area contributed by atoms with Crippen LogP contribution in [0, 0.1) is 17.8 Å². The molecule has 6 heteroatoms. The van der Waals surface area contributed by atoms with Gasteiger partial charge < -0.3 is 15.6 Å². The number of aromatic nitrogens is 3. The van der Waals surface area contributed by atoms with Crippen LogP contribution >= 0.6 is 0 Å². The van der Waals surface area contributed by atoms with Gasteiger partial charge in [-0.2, -0.15) is 0 Å². The van der Waals surface area contributed by atoms with E-state index in [2.05, 4.69) is 54.8 Å². The lowest BCUT2D eigenvalue weighted by Gasteiger charge is -2.07. The highest BCUT2D eigenvalue weighted by Crippen LogP contribution is 2.25. The molecule has 0 aromatic carbocycles. The van der Waals surface area contributed by atoms with Crippen LogP contribution in [0.5, 0.6) is 0 Å². The van der Waals surface area contributed by atoms with Crippen LogP contribution in [0.1, 0.15) is 65.0 Å². The van der Waals surface area contributed by atoms with Crippen molar-refractivity contribution in [2.24, 2.45) is 5.92 Å². The summed E-state index contributed by atoms with van der Waals surface area (Å²) < 4.78 is 2.03. The smallest absolute Gasteiger partial charge is 0.220 e. The van der Waals surface area contributed by atoms with E-state index in [1.54, 1.807) is 0 Å². The summed E-state index contributed by atoms with van der Waals surface area (Å²) in [6, 6.07) is 0.243. The third kappa shape index (κ3) is 5.22. The fraction of sp³-hybridized carbons (Fsp3) is 0.550. The Morgan fingerprint density at radius 3 is 2.73 bits per heavy atom. The zero-order valence-corrected chi connectivity index (χ0v) is 16.2. The Labute approximate surface area is 155 Å². The van der Waals surface area contributed by atoms with Gasteiger partial charge in [-0.05, 0) is 26.2 Å². The standard InChI is InChI=1S/C20H29N5O/c1-14(2)8-5-6-10-17(26)22-11-7-9-16-12-25(15(3)4)20-18(16)19(21)23-13-24-20/h12-15H,5-6,8,10-11H2,1-4H3,(H,22,26)(H2,21,23,24). The number of unbranched alkanes of at least 4 members (excludes halogenated alkanes) is 1. The molecule has 0 saturated heterocycles. The number of nitrogen functional groups attached to an aromatic ring is 1. The molecule has 0 radical (unpaired) electrons. The van der Waals surface area contributed by atoms with Crippen molar-refractivity contribution in [3.05, 3.63) is 18.1 Å². The molecule has 26 heavy (non-hydrogen) atoms. The van der Waals surface area contributed by atoms with Crippen molar-refractivity contribution in [1.82, 2.24) is 19.9 Å². The quantitative estimate of drug-likeness (QED) is 0.589. The summed E-state index contributed by atoms with van der Waals surface area (Å²) in [6.45, 7) is 8.88. The molecule has 6 nitrogen and oxygen atoms in total. The number of anilines is 1. The first-order valence-corrected chi connectivity index (χ1v) is 9.26. The summed E-state index contributed by atoms with van der Waals surface area (Å²) in [6.07, 6.45) is 7.14. The Morgan fingerprint density at radius 1 is 1.27 bits per heavy atom. The number of nitrogens with one attached hydrogen (secondary N) is 1. The molecule has 140 valence electrons. The molecule has 0 saturated carbocycles. The molecule has 0 unspecified atom stereocenters. The Hall–Kier alpha value is -2.55. The molecule has 0 bridgehead atoms. The van der Waals surface area contributed by atoms with Gasteiger partial charge in [-0.3, -0.25) is 4.79 Å². The predicted octanol–water partition coefficient (Wildman–Crippen LogP) is 3.28. The summed E-state index contributed by atoms with van der Waals surface area (Å²) in [5, 5.41) is 3.62. The third-order valence-corrected chi connectivity index (χ3v) is 4.23. The highest BCUT2D eigenvalue weighted by Gasteiger charge is 2.13. The second-order valence-corrected chi connectivity index (χ2v) is 7.22.